The lowest BCUT2D eigenvalue weighted by molar-refractivity contribution is -0.173. The van der Waals surface area contributed by atoms with Gasteiger partial charge >= 0.3 is 12.2 Å². The number of hydrogen-bond acceptors (Lipinski definition) is 3. The minimum atomic E-state index is -4.33. The number of likely N-dealkylation sites (N-methyl/N-ethyl adjacent to an activating group) is 1. The lowest BCUT2D eigenvalue weighted by Crippen LogP contribution is -2.57. The highest BCUT2D eigenvalue weighted by atomic mass is 19.4. The van der Waals surface area contributed by atoms with Gasteiger partial charge in [0.05, 0.1) is 0 Å². The fourth-order valence-corrected chi connectivity index (χ4v) is 1.85. The molecule has 1 saturated heterocycles. The molecule has 0 aromatic rings. The van der Waals surface area contributed by atoms with Crippen molar-refractivity contribution in [2.75, 3.05) is 39.9 Å². The van der Waals surface area contributed by atoms with Gasteiger partial charge in [-0.05, 0) is 13.3 Å². The molecule has 3 amide bonds. The van der Waals surface area contributed by atoms with Crippen LogP contribution < -0.4 is 5.32 Å². The van der Waals surface area contributed by atoms with Gasteiger partial charge < -0.3 is 19.9 Å². The van der Waals surface area contributed by atoms with Crippen molar-refractivity contribution in [3.8, 4) is 0 Å². The molecule has 21 heavy (non-hydrogen) atoms. The van der Waals surface area contributed by atoms with Crippen LogP contribution in [-0.4, -0.2) is 73.9 Å². The fourth-order valence-electron chi connectivity index (χ4n) is 1.85. The van der Waals surface area contributed by atoms with Gasteiger partial charge in [0.25, 0.3) is 0 Å². The van der Waals surface area contributed by atoms with E-state index < -0.39 is 12.8 Å². The van der Waals surface area contributed by atoms with Gasteiger partial charge in [-0.25, -0.2) is 4.79 Å². The highest BCUT2D eigenvalue weighted by Crippen LogP contribution is 2.14. The number of nitrogens with zero attached hydrogens (tertiary/aromatic N) is 2. The average molecular weight is 311 g/mol. The third kappa shape index (κ3) is 6.19. The Balaban J connectivity index is 2.18. The number of ether oxygens (including phenoxy) is 1. The van der Waals surface area contributed by atoms with Crippen LogP contribution in [0, 0.1) is 0 Å². The number of urea groups is 1. The number of rotatable bonds is 5. The average Bonchev–Trinajstić information content (AvgIpc) is 2.37. The van der Waals surface area contributed by atoms with Crippen molar-refractivity contribution < 1.29 is 27.5 Å². The summed E-state index contributed by atoms with van der Waals surface area (Å²) < 4.78 is 39.8. The van der Waals surface area contributed by atoms with Gasteiger partial charge in [-0.2, -0.15) is 13.2 Å². The molecule has 1 fully saturated rings. The Morgan fingerprint density at radius 3 is 2.71 bits per heavy atom. The van der Waals surface area contributed by atoms with Gasteiger partial charge in [-0.1, -0.05) is 0 Å². The van der Waals surface area contributed by atoms with Gasteiger partial charge in [0.1, 0.15) is 13.2 Å². The molecule has 122 valence electrons. The maximum atomic E-state index is 11.8. The van der Waals surface area contributed by atoms with E-state index in [4.69, 9.17) is 0 Å². The Morgan fingerprint density at radius 1 is 1.48 bits per heavy atom. The largest absolute Gasteiger partial charge is 0.411 e. The van der Waals surface area contributed by atoms with Crippen LogP contribution in [0.5, 0.6) is 0 Å². The van der Waals surface area contributed by atoms with E-state index in [1.807, 2.05) is 6.92 Å². The Hall–Kier alpha value is -1.51. The minimum absolute atomic E-state index is 0.0112. The fraction of sp³-hybridized carbons (Fsp3) is 0.833. The standard InChI is InChI=1S/C12H20F3N3O3/c1-9-6-18(7-10(19)17(9)2)11(20)16-4-3-5-21-8-12(13,14)15/h9H,3-8H2,1-2H3,(H,16,20)/t9-/m1/s1. The van der Waals surface area contributed by atoms with Crippen LogP contribution in [-0.2, 0) is 9.53 Å². The first-order valence-electron chi connectivity index (χ1n) is 6.63. The predicted octanol–water partition coefficient (Wildman–Crippen LogP) is 0.828. The van der Waals surface area contributed by atoms with Crippen LogP contribution in [0.4, 0.5) is 18.0 Å². The van der Waals surface area contributed by atoms with E-state index in [-0.39, 0.29) is 44.1 Å². The predicted molar refractivity (Wildman–Crippen MR) is 68.7 cm³/mol. The van der Waals surface area contributed by atoms with E-state index in [1.165, 1.54) is 4.90 Å². The molecule has 0 spiro atoms. The van der Waals surface area contributed by atoms with Crippen LogP contribution in [0.15, 0.2) is 0 Å². The number of nitrogens with one attached hydrogen (secondary N) is 1. The molecule has 1 rings (SSSR count). The zero-order valence-corrected chi connectivity index (χ0v) is 12.1. The number of amides is 3. The van der Waals surface area contributed by atoms with E-state index in [2.05, 4.69) is 10.1 Å². The smallest absolute Gasteiger partial charge is 0.372 e. The third-order valence-electron chi connectivity index (χ3n) is 3.16. The molecule has 0 aromatic heterocycles. The summed E-state index contributed by atoms with van der Waals surface area (Å²) in [5, 5.41) is 2.56. The summed E-state index contributed by atoms with van der Waals surface area (Å²) in [5.41, 5.74) is 0. The van der Waals surface area contributed by atoms with Crippen molar-refractivity contribution in [3.05, 3.63) is 0 Å². The molecule has 1 N–H and O–H groups in total. The van der Waals surface area contributed by atoms with Gasteiger partial charge in [-0.3, -0.25) is 4.79 Å². The quantitative estimate of drug-likeness (QED) is 0.765. The highest BCUT2D eigenvalue weighted by molar-refractivity contribution is 5.85. The molecule has 0 unspecified atom stereocenters. The van der Waals surface area contributed by atoms with Crippen molar-refractivity contribution in [1.29, 1.82) is 0 Å². The molecule has 0 aliphatic carbocycles. The van der Waals surface area contributed by atoms with Crippen LogP contribution in [0.25, 0.3) is 0 Å². The first kappa shape index (κ1) is 17.5. The van der Waals surface area contributed by atoms with Crippen LogP contribution in [0.1, 0.15) is 13.3 Å². The van der Waals surface area contributed by atoms with E-state index >= 15 is 0 Å². The van der Waals surface area contributed by atoms with Gasteiger partial charge in [0.15, 0.2) is 0 Å². The normalized spacial score (nSPS) is 19.9. The Morgan fingerprint density at radius 2 is 2.14 bits per heavy atom. The van der Waals surface area contributed by atoms with Crippen molar-refractivity contribution in [2.45, 2.75) is 25.6 Å². The molecule has 0 radical (unpaired) electrons. The monoisotopic (exact) mass is 311 g/mol. The lowest BCUT2D eigenvalue weighted by atomic mass is 10.2. The molecule has 1 aliphatic rings. The Labute approximate surface area is 121 Å². The molecule has 1 heterocycles. The second kappa shape index (κ2) is 7.48. The molecular weight excluding hydrogens is 291 g/mol. The third-order valence-corrected chi connectivity index (χ3v) is 3.16. The lowest BCUT2D eigenvalue weighted by Gasteiger charge is -2.37. The Kier molecular flexibility index (Phi) is 6.25. The van der Waals surface area contributed by atoms with Crippen molar-refractivity contribution in [3.63, 3.8) is 0 Å². The molecule has 9 heteroatoms. The number of carbonyl (C=O) groups excluding carboxylic acids is 2. The number of piperazine rings is 1. The van der Waals surface area contributed by atoms with Gasteiger partial charge in [0, 0.05) is 32.8 Å². The van der Waals surface area contributed by atoms with Gasteiger partial charge in [-0.15, -0.1) is 0 Å². The van der Waals surface area contributed by atoms with E-state index in [9.17, 15) is 22.8 Å². The van der Waals surface area contributed by atoms with E-state index in [0.717, 1.165) is 0 Å². The Bertz CT molecular complexity index is 376. The molecule has 0 aromatic carbocycles. The topological polar surface area (TPSA) is 61.9 Å². The summed E-state index contributed by atoms with van der Waals surface area (Å²) in [7, 11) is 1.68. The SMILES string of the molecule is C[C@@H]1CN(C(=O)NCCCOCC(F)(F)F)CC(=O)N1C. The second-order valence-corrected chi connectivity index (χ2v) is 4.99. The molecule has 6 nitrogen and oxygen atoms in total. The van der Waals surface area contributed by atoms with E-state index in [1.54, 1.807) is 11.9 Å². The molecule has 1 atom stereocenters. The summed E-state index contributed by atoms with van der Waals surface area (Å²) >= 11 is 0. The summed E-state index contributed by atoms with van der Waals surface area (Å²) in [6, 6.07) is -0.453. The first-order chi connectivity index (χ1) is 9.70. The zero-order valence-electron chi connectivity index (χ0n) is 12.1. The van der Waals surface area contributed by atoms with Crippen LogP contribution >= 0.6 is 0 Å². The summed E-state index contributed by atoms with van der Waals surface area (Å²) in [6.45, 7) is 1.10. The number of halogens is 3. The summed E-state index contributed by atoms with van der Waals surface area (Å²) in [5.74, 6) is -0.141. The van der Waals surface area contributed by atoms with Crippen molar-refractivity contribution in [2.24, 2.45) is 0 Å². The highest BCUT2D eigenvalue weighted by Gasteiger charge is 2.29. The molecule has 1 aliphatic heterocycles. The van der Waals surface area contributed by atoms with Crippen molar-refractivity contribution in [1.82, 2.24) is 15.1 Å². The maximum absolute atomic E-state index is 11.8. The van der Waals surface area contributed by atoms with E-state index in [0.29, 0.717) is 6.54 Å². The zero-order chi connectivity index (χ0) is 16.0. The van der Waals surface area contributed by atoms with Crippen LogP contribution in [0.3, 0.4) is 0 Å². The second-order valence-electron chi connectivity index (χ2n) is 4.99. The maximum Gasteiger partial charge on any atom is 0.411 e. The molecule has 0 saturated carbocycles. The number of alkyl halides is 3. The number of hydrogen-bond donors (Lipinski definition) is 1. The van der Waals surface area contributed by atoms with Gasteiger partial charge in [0.2, 0.25) is 5.91 Å². The molecular formula is C12H20F3N3O3. The first-order valence-corrected chi connectivity index (χ1v) is 6.63. The van der Waals surface area contributed by atoms with Crippen molar-refractivity contribution >= 4 is 11.9 Å². The van der Waals surface area contributed by atoms with Crippen LogP contribution in [0.2, 0.25) is 0 Å². The number of carbonyl (C=O) groups is 2. The molecule has 0 bridgehead atoms. The summed E-state index contributed by atoms with van der Waals surface area (Å²) in [4.78, 5) is 26.4. The minimum Gasteiger partial charge on any atom is -0.372 e. The summed E-state index contributed by atoms with van der Waals surface area (Å²) in [6.07, 6.45) is -4.06.